The molecule has 0 unspecified atom stereocenters. The molecular formula is C19H20N6O2S. The van der Waals surface area contributed by atoms with E-state index in [1.54, 1.807) is 12.3 Å². The van der Waals surface area contributed by atoms with Crippen LogP contribution in [0, 0.1) is 20.8 Å². The van der Waals surface area contributed by atoms with Crippen LogP contribution in [0.3, 0.4) is 0 Å². The van der Waals surface area contributed by atoms with Gasteiger partial charge < -0.3 is 4.42 Å². The van der Waals surface area contributed by atoms with Gasteiger partial charge in [0.15, 0.2) is 5.65 Å². The fraction of sp³-hybridized carbons (Fsp3) is 0.316. The molecule has 144 valence electrons. The third-order valence-corrected chi connectivity index (χ3v) is 5.12. The Bertz CT molecular complexity index is 1190. The molecule has 1 N–H and O–H groups in total. The van der Waals surface area contributed by atoms with Crippen LogP contribution in [0.15, 0.2) is 22.7 Å². The Morgan fingerprint density at radius 2 is 2.00 bits per heavy atom. The summed E-state index contributed by atoms with van der Waals surface area (Å²) in [5.74, 6) is 1.28. The van der Waals surface area contributed by atoms with Gasteiger partial charge in [-0.1, -0.05) is 11.3 Å². The molecule has 0 aromatic carbocycles. The number of hydrogen-bond donors (Lipinski definition) is 1. The van der Waals surface area contributed by atoms with E-state index in [4.69, 9.17) is 9.40 Å². The van der Waals surface area contributed by atoms with Gasteiger partial charge in [0.2, 0.25) is 5.13 Å². The molecular weight excluding hydrogens is 376 g/mol. The van der Waals surface area contributed by atoms with Gasteiger partial charge in [0.25, 0.3) is 5.91 Å². The third kappa shape index (κ3) is 3.18. The first-order chi connectivity index (χ1) is 13.3. The minimum Gasteiger partial charge on any atom is -0.466 e. The van der Waals surface area contributed by atoms with E-state index in [1.165, 1.54) is 11.3 Å². The molecule has 0 aliphatic heterocycles. The molecule has 4 aromatic rings. The van der Waals surface area contributed by atoms with Gasteiger partial charge in [0.1, 0.15) is 16.5 Å². The molecule has 0 fully saturated rings. The number of carbonyl (C=O) groups excluding carboxylic acids is 1. The Labute approximate surface area is 165 Å². The highest BCUT2D eigenvalue weighted by atomic mass is 32.1. The lowest BCUT2D eigenvalue weighted by Crippen LogP contribution is -2.13. The Kier molecular flexibility index (Phi) is 4.46. The van der Waals surface area contributed by atoms with Gasteiger partial charge >= 0.3 is 0 Å². The number of hydrogen-bond acceptors (Lipinski definition) is 7. The summed E-state index contributed by atoms with van der Waals surface area (Å²) in [5, 5.41) is 17.1. The number of aryl methyl sites for hydroxylation is 3. The molecule has 0 atom stereocenters. The van der Waals surface area contributed by atoms with Gasteiger partial charge in [-0.25, -0.2) is 9.67 Å². The van der Waals surface area contributed by atoms with Gasteiger partial charge in [0.05, 0.1) is 22.8 Å². The summed E-state index contributed by atoms with van der Waals surface area (Å²) in [6.07, 6.45) is 1.68. The zero-order valence-electron chi connectivity index (χ0n) is 16.3. The summed E-state index contributed by atoms with van der Waals surface area (Å²) in [5.41, 5.74) is 2.67. The van der Waals surface area contributed by atoms with Crippen molar-refractivity contribution >= 4 is 33.4 Å². The van der Waals surface area contributed by atoms with Crippen LogP contribution in [0.5, 0.6) is 0 Å². The molecule has 4 aromatic heterocycles. The van der Waals surface area contributed by atoms with E-state index in [0.717, 1.165) is 22.1 Å². The minimum absolute atomic E-state index is 0.106. The number of fused-ring (bicyclic) bond motifs is 1. The van der Waals surface area contributed by atoms with Gasteiger partial charge in [0, 0.05) is 11.6 Å². The van der Waals surface area contributed by atoms with Crippen LogP contribution in [0.25, 0.3) is 22.3 Å². The van der Waals surface area contributed by atoms with E-state index in [1.807, 2.05) is 45.4 Å². The maximum absolute atomic E-state index is 13.0. The molecule has 0 saturated carbocycles. The van der Waals surface area contributed by atoms with Crippen LogP contribution >= 0.6 is 11.3 Å². The van der Waals surface area contributed by atoms with E-state index in [2.05, 4.69) is 20.6 Å². The number of pyridine rings is 1. The van der Waals surface area contributed by atoms with Gasteiger partial charge in [-0.3, -0.25) is 10.1 Å². The number of carbonyl (C=O) groups is 1. The lowest BCUT2D eigenvalue weighted by Gasteiger charge is -2.10. The van der Waals surface area contributed by atoms with Crippen molar-refractivity contribution in [1.29, 1.82) is 0 Å². The van der Waals surface area contributed by atoms with Crippen molar-refractivity contribution in [3.63, 3.8) is 0 Å². The number of nitrogens with zero attached hydrogens (tertiary/aromatic N) is 5. The van der Waals surface area contributed by atoms with Gasteiger partial charge in [-0.05, 0) is 46.8 Å². The predicted octanol–water partition coefficient (Wildman–Crippen LogP) is 4.30. The number of amides is 1. The first-order valence-corrected chi connectivity index (χ1v) is 9.72. The quantitative estimate of drug-likeness (QED) is 0.552. The number of anilines is 1. The summed E-state index contributed by atoms with van der Waals surface area (Å²) < 4.78 is 7.47. The van der Waals surface area contributed by atoms with Crippen LogP contribution in [-0.2, 0) is 0 Å². The summed E-state index contributed by atoms with van der Waals surface area (Å²) >= 11 is 1.33. The Balaban J connectivity index is 1.88. The molecule has 0 bridgehead atoms. The van der Waals surface area contributed by atoms with Crippen LogP contribution in [-0.4, -0.2) is 30.9 Å². The smallest absolute Gasteiger partial charge is 0.258 e. The van der Waals surface area contributed by atoms with Crippen molar-refractivity contribution < 1.29 is 9.21 Å². The van der Waals surface area contributed by atoms with Crippen LogP contribution in [0.4, 0.5) is 5.13 Å². The topological polar surface area (TPSA) is 98.7 Å². The SMILES string of the molecule is Cc1cc(-c2cc(C(=O)Nc3nnc(C)s3)c3cnn(C(C)C)c3n2)c(C)o1. The fourth-order valence-corrected chi connectivity index (χ4v) is 3.71. The number of furan rings is 1. The van der Waals surface area contributed by atoms with E-state index in [-0.39, 0.29) is 11.9 Å². The second kappa shape index (κ2) is 6.83. The molecule has 4 heterocycles. The number of aromatic nitrogens is 5. The summed E-state index contributed by atoms with van der Waals surface area (Å²) in [6.45, 7) is 9.67. The van der Waals surface area contributed by atoms with E-state index in [0.29, 0.717) is 27.4 Å². The van der Waals surface area contributed by atoms with Crippen molar-refractivity contribution in [2.24, 2.45) is 0 Å². The van der Waals surface area contributed by atoms with Gasteiger partial charge in [-0.2, -0.15) is 5.10 Å². The van der Waals surface area contributed by atoms with E-state index in [9.17, 15) is 4.79 Å². The van der Waals surface area contributed by atoms with Crippen molar-refractivity contribution in [3.8, 4) is 11.3 Å². The fourth-order valence-electron chi connectivity index (χ4n) is 3.12. The number of nitrogens with one attached hydrogen (secondary N) is 1. The molecule has 0 aliphatic rings. The first kappa shape index (κ1) is 18.3. The zero-order chi connectivity index (χ0) is 20.0. The molecule has 0 saturated heterocycles. The van der Waals surface area contributed by atoms with Crippen LogP contribution in [0.1, 0.15) is 46.8 Å². The van der Waals surface area contributed by atoms with E-state index >= 15 is 0 Å². The first-order valence-electron chi connectivity index (χ1n) is 8.90. The van der Waals surface area contributed by atoms with Crippen molar-refractivity contribution in [3.05, 3.63) is 40.4 Å². The minimum atomic E-state index is -0.272. The second-order valence-electron chi connectivity index (χ2n) is 6.88. The molecule has 0 aliphatic carbocycles. The van der Waals surface area contributed by atoms with E-state index < -0.39 is 0 Å². The average Bonchev–Trinajstić information content (AvgIpc) is 3.32. The molecule has 9 heteroatoms. The van der Waals surface area contributed by atoms with Crippen molar-refractivity contribution in [2.45, 2.75) is 40.7 Å². The van der Waals surface area contributed by atoms with Crippen LogP contribution < -0.4 is 5.32 Å². The largest absolute Gasteiger partial charge is 0.466 e. The predicted molar refractivity (Wildman–Crippen MR) is 108 cm³/mol. The highest BCUT2D eigenvalue weighted by Crippen LogP contribution is 2.30. The molecule has 4 rings (SSSR count). The lowest BCUT2D eigenvalue weighted by atomic mass is 10.1. The molecule has 1 amide bonds. The average molecular weight is 396 g/mol. The Morgan fingerprint density at radius 3 is 2.61 bits per heavy atom. The highest BCUT2D eigenvalue weighted by molar-refractivity contribution is 7.15. The van der Waals surface area contributed by atoms with Crippen molar-refractivity contribution in [2.75, 3.05) is 5.32 Å². The number of rotatable bonds is 4. The van der Waals surface area contributed by atoms with Gasteiger partial charge in [-0.15, -0.1) is 10.2 Å². The maximum atomic E-state index is 13.0. The molecule has 8 nitrogen and oxygen atoms in total. The highest BCUT2D eigenvalue weighted by Gasteiger charge is 2.21. The van der Waals surface area contributed by atoms with Crippen LogP contribution in [0.2, 0.25) is 0 Å². The summed E-state index contributed by atoms with van der Waals surface area (Å²) in [7, 11) is 0. The zero-order valence-corrected chi connectivity index (χ0v) is 17.1. The lowest BCUT2D eigenvalue weighted by molar-refractivity contribution is 0.102. The summed E-state index contributed by atoms with van der Waals surface area (Å²) in [4.78, 5) is 17.8. The monoisotopic (exact) mass is 396 g/mol. The summed E-state index contributed by atoms with van der Waals surface area (Å²) in [6, 6.07) is 3.80. The Hall–Kier alpha value is -3.07. The molecule has 0 radical (unpaired) electrons. The van der Waals surface area contributed by atoms with Crippen molar-refractivity contribution in [1.82, 2.24) is 25.0 Å². The standard InChI is InChI=1S/C19H20N6O2S/c1-9(2)25-17-15(8-20-25)14(18(26)22-19-24-23-12(5)28-19)7-16(21-17)13-6-10(3)27-11(13)4/h6-9H,1-5H3,(H,22,24,26). The third-order valence-electron chi connectivity index (χ3n) is 4.36. The Morgan fingerprint density at radius 1 is 1.21 bits per heavy atom. The molecule has 0 spiro atoms. The maximum Gasteiger partial charge on any atom is 0.258 e. The second-order valence-corrected chi connectivity index (χ2v) is 8.06. The molecule has 28 heavy (non-hydrogen) atoms. The normalized spacial score (nSPS) is 11.5.